The van der Waals surface area contributed by atoms with Crippen LogP contribution < -0.4 is 0 Å². The van der Waals surface area contributed by atoms with Gasteiger partial charge in [-0.1, -0.05) is 48.5 Å². The molecular weight excluding hydrogens is 394 g/mol. The third-order valence-corrected chi connectivity index (χ3v) is 6.44. The Morgan fingerprint density at radius 2 is 1.61 bits per heavy atom. The van der Waals surface area contributed by atoms with Crippen LogP contribution in [-0.2, 0) is 14.3 Å². The first-order valence-corrected chi connectivity index (χ1v) is 10.9. The summed E-state index contributed by atoms with van der Waals surface area (Å²) in [6.07, 6.45) is -0.185. The number of carboxylic acid groups (broad SMARTS) is 1. The van der Waals surface area contributed by atoms with Gasteiger partial charge in [-0.25, -0.2) is 9.59 Å². The molecule has 0 spiro atoms. The number of carbonyl (C=O) groups is 2. The molecule has 31 heavy (non-hydrogen) atoms. The van der Waals surface area contributed by atoms with Crippen molar-refractivity contribution in [2.24, 2.45) is 0 Å². The highest BCUT2D eigenvalue weighted by molar-refractivity contribution is 5.86. The predicted molar refractivity (Wildman–Crippen MR) is 117 cm³/mol. The zero-order valence-electron chi connectivity index (χ0n) is 18.2. The standard InChI is InChI=1S/C25H29NO5/c1-4-30-17-13-25(14-17,23(27)28)26(16(2)3)24(29)31-15-22-20-11-7-5-9-18(20)19-10-6-8-12-21(19)22/h5-12,16-17,22H,4,13-15H2,1-3H3,(H,27,28). The van der Waals surface area contributed by atoms with Crippen LogP contribution in [0.4, 0.5) is 4.79 Å². The molecule has 6 nitrogen and oxygen atoms in total. The lowest BCUT2D eigenvalue weighted by atomic mass is 9.72. The Morgan fingerprint density at radius 1 is 1.06 bits per heavy atom. The first-order valence-electron chi connectivity index (χ1n) is 10.9. The number of carbonyl (C=O) groups excluding carboxylic acids is 1. The number of ether oxygens (including phenoxy) is 2. The summed E-state index contributed by atoms with van der Waals surface area (Å²) >= 11 is 0. The van der Waals surface area contributed by atoms with E-state index in [9.17, 15) is 14.7 Å². The fourth-order valence-electron chi connectivity index (χ4n) is 5.06. The molecule has 0 saturated heterocycles. The number of benzene rings is 2. The van der Waals surface area contributed by atoms with Gasteiger partial charge in [-0.3, -0.25) is 4.90 Å². The van der Waals surface area contributed by atoms with Crippen molar-refractivity contribution in [1.82, 2.24) is 4.90 Å². The molecule has 0 unspecified atom stereocenters. The van der Waals surface area contributed by atoms with Crippen molar-refractivity contribution in [3.63, 3.8) is 0 Å². The van der Waals surface area contributed by atoms with Crippen molar-refractivity contribution in [2.75, 3.05) is 13.2 Å². The normalized spacial score (nSPS) is 21.9. The van der Waals surface area contributed by atoms with Crippen molar-refractivity contribution in [3.05, 3.63) is 59.7 Å². The average molecular weight is 424 g/mol. The van der Waals surface area contributed by atoms with Crippen LogP contribution in [0.25, 0.3) is 11.1 Å². The Hall–Kier alpha value is -2.86. The third kappa shape index (κ3) is 3.59. The van der Waals surface area contributed by atoms with E-state index in [4.69, 9.17) is 9.47 Å². The Morgan fingerprint density at radius 3 is 2.10 bits per heavy atom. The lowest BCUT2D eigenvalue weighted by molar-refractivity contribution is -0.172. The quantitative estimate of drug-likeness (QED) is 0.700. The van der Waals surface area contributed by atoms with Gasteiger partial charge in [0.1, 0.15) is 12.1 Å². The molecular formula is C25H29NO5. The molecule has 0 bridgehead atoms. The number of aliphatic carboxylic acids is 1. The minimum Gasteiger partial charge on any atom is -0.479 e. The summed E-state index contributed by atoms with van der Waals surface area (Å²) in [5, 5.41) is 9.97. The largest absolute Gasteiger partial charge is 0.479 e. The van der Waals surface area contributed by atoms with Crippen molar-refractivity contribution in [3.8, 4) is 11.1 Å². The number of nitrogens with zero attached hydrogens (tertiary/aromatic N) is 1. The molecule has 6 heteroatoms. The molecule has 164 valence electrons. The van der Waals surface area contributed by atoms with E-state index < -0.39 is 17.6 Å². The molecule has 1 saturated carbocycles. The maximum atomic E-state index is 13.2. The summed E-state index contributed by atoms with van der Waals surface area (Å²) in [5.74, 6) is -1.07. The summed E-state index contributed by atoms with van der Waals surface area (Å²) in [6, 6.07) is 16.0. The summed E-state index contributed by atoms with van der Waals surface area (Å²) in [6.45, 7) is 6.21. The minimum absolute atomic E-state index is 0.0660. The van der Waals surface area contributed by atoms with E-state index in [1.807, 2.05) is 45.0 Å². The van der Waals surface area contributed by atoms with Crippen LogP contribution in [0.5, 0.6) is 0 Å². The van der Waals surface area contributed by atoms with Crippen LogP contribution in [0.2, 0.25) is 0 Å². The topological polar surface area (TPSA) is 76.1 Å². The Bertz CT molecular complexity index is 934. The van der Waals surface area contributed by atoms with E-state index in [0.29, 0.717) is 6.61 Å². The number of rotatable bonds is 7. The van der Waals surface area contributed by atoms with E-state index >= 15 is 0 Å². The monoisotopic (exact) mass is 423 g/mol. The van der Waals surface area contributed by atoms with Crippen LogP contribution in [0.1, 0.15) is 50.7 Å². The van der Waals surface area contributed by atoms with Crippen LogP contribution >= 0.6 is 0 Å². The van der Waals surface area contributed by atoms with E-state index in [2.05, 4.69) is 24.3 Å². The number of amides is 1. The molecule has 0 atom stereocenters. The maximum Gasteiger partial charge on any atom is 0.410 e. The highest BCUT2D eigenvalue weighted by Crippen LogP contribution is 2.45. The smallest absolute Gasteiger partial charge is 0.410 e. The molecule has 0 aromatic heterocycles. The molecule has 2 aliphatic rings. The van der Waals surface area contributed by atoms with Gasteiger partial charge in [0.05, 0.1) is 6.10 Å². The van der Waals surface area contributed by atoms with Gasteiger partial charge in [-0.05, 0) is 43.0 Å². The maximum absolute atomic E-state index is 13.2. The second-order valence-electron chi connectivity index (χ2n) is 8.59. The van der Waals surface area contributed by atoms with Crippen molar-refractivity contribution >= 4 is 12.1 Å². The van der Waals surface area contributed by atoms with E-state index in [1.165, 1.54) is 4.90 Å². The number of carboxylic acids is 1. The molecule has 2 aliphatic carbocycles. The molecule has 0 aliphatic heterocycles. The van der Waals surface area contributed by atoms with E-state index in [0.717, 1.165) is 22.3 Å². The molecule has 4 rings (SSSR count). The van der Waals surface area contributed by atoms with Crippen LogP contribution in [0, 0.1) is 0 Å². The minimum atomic E-state index is -1.28. The molecule has 2 aromatic rings. The van der Waals surface area contributed by atoms with Gasteiger partial charge >= 0.3 is 12.1 Å². The average Bonchev–Trinajstić information content (AvgIpc) is 3.04. The second-order valence-corrected chi connectivity index (χ2v) is 8.59. The lowest BCUT2D eigenvalue weighted by Gasteiger charge is -2.51. The molecule has 0 heterocycles. The Balaban J connectivity index is 1.54. The van der Waals surface area contributed by atoms with Crippen molar-refractivity contribution in [1.29, 1.82) is 0 Å². The van der Waals surface area contributed by atoms with Crippen molar-refractivity contribution < 1.29 is 24.2 Å². The summed E-state index contributed by atoms with van der Waals surface area (Å²) in [7, 11) is 0. The first-order chi connectivity index (χ1) is 14.9. The fraction of sp³-hybridized carbons (Fsp3) is 0.440. The lowest BCUT2D eigenvalue weighted by Crippen LogP contribution is -2.68. The second kappa shape index (κ2) is 8.35. The highest BCUT2D eigenvalue weighted by atomic mass is 16.6. The van der Waals surface area contributed by atoms with Gasteiger partial charge in [0.25, 0.3) is 0 Å². The zero-order valence-corrected chi connectivity index (χ0v) is 18.2. The van der Waals surface area contributed by atoms with Crippen LogP contribution in [-0.4, -0.2) is 53.0 Å². The van der Waals surface area contributed by atoms with Crippen LogP contribution in [0.3, 0.4) is 0 Å². The van der Waals surface area contributed by atoms with E-state index in [-0.39, 0.29) is 37.5 Å². The van der Waals surface area contributed by atoms with E-state index in [1.54, 1.807) is 0 Å². The molecule has 0 radical (unpaired) electrons. The predicted octanol–water partition coefficient (Wildman–Crippen LogP) is 4.67. The number of fused-ring (bicyclic) bond motifs is 3. The number of hydrogen-bond donors (Lipinski definition) is 1. The van der Waals surface area contributed by atoms with Gasteiger partial charge < -0.3 is 14.6 Å². The van der Waals surface area contributed by atoms with Gasteiger partial charge in [0, 0.05) is 31.4 Å². The molecule has 1 N–H and O–H groups in total. The fourth-order valence-corrected chi connectivity index (χ4v) is 5.06. The molecule has 1 amide bonds. The summed E-state index contributed by atoms with van der Waals surface area (Å²) in [4.78, 5) is 26.7. The highest BCUT2D eigenvalue weighted by Gasteiger charge is 2.58. The van der Waals surface area contributed by atoms with Gasteiger partial charge in [0.2, 0.25) is 0 Å². The van der Waals surface area contributed by atoms with Gasteiger partial charge in [0.15, 0.2) is 0 Å². The third-order valence-electron chi connectivity index (χ3n) is 6.44. The number of hydrogen-bond acceptors (Lipinski definition) is 4. The van der Waals surface area contributed by atoms with Gasteiger partial charge in [-0.15, -0.1) is 0 Å². The Kier molecular flexibility index (Phi) is 5.75. The first kappa shape index (κ1) is 21.4. The van der Waals surface area contributed by atoms with Crippen molar-refractivity contribution in [2.45, 2.75) is 57.2 Å². The Labute approximate surface area is 182 Å². The summed E-state index contributed by atoms with van der Waals surface area (Å²) in [5.41, 5.74) is 3.28. The summed E-state index contributed by atoms with van der Waals surface area (Å²) < 4.78 is 11.3. The zero-order chi connectivity index (χ0) is 22.2. The van der Waals surface area contributed by atoms with Gasteiger partial charge in [-0.2, -0.15) is 0 Å². The molecule has 1 fully saturated rings. The molecule has 2 aromatic carbocycles. The SMILES string of the molecule is CCOC1CC(C(=O)O)(N(C(=O)OCC2c3ccccc3-c3ccccc32)C(C)C)C1. The van der Waals surface area contributed by atoms with Crippen LogP contribution in [0.15, 0.2) is 48.5 Å².